The summed E-state index contributed by atoms with van der Waals surface area (Å²) in [6, 6.07) is 13.6. The van der Waals surface area contributed by atoms with Crippen molar-refractivity contribution in [3.63, 3.8) is 0 Å². The molecular formula is C21H24F2IN3O3S. The summed E-state index contributed by atoms with van der Waals surface area (Å²) < 4.78 is 34.1. The van der Waals surface area contributed by atoms with E-state index >= 15 is 0 Å². The van der Waals surface area contributed by atoms with Gasteiger partial charge in [0.05, 0.1) is 18.9 Å². The summed E-state index contributed by atoms with van der Waals surface area (Å²) >= 11 is 1.62. The van der Waals surface area contributed by atoms with Crippen molar-refractivity contribution in [3.05, 3.63) is 76.4 Å². The summed E-state index contributed by atoms with van der Waals surface area (Å²) in [6.45, 7) is -1.55. The number of nitrogens with one attached hydrogen (secondary N) is 2. The van der Waals surface area contributed by atoms with Crippen LogP contribution >= 0.6 is 35.3 Å². The smallest absolute Gasteiger partial charge is 0.387 e. The van der Waals surface area contributed by atoms with Crippen LogP contribution in [0.4, 0.5) is 8.78 Å². The fourth-order valence-electron chi connectivity index (χ4n) is 2.68. The molecule has 0 aliphatic rings. The van der Waals surface area contributed by atoms with E-state index in [-0.39, 0.29) is 36.3 Å². The van der Waals surface area contributed by atoms with Gasteiger partial charge in [-0.3, -0.25) is 0 Å². The first-order valence-corrected chi connectivity index (χ1v) is 10.3. The predicted molar refractivity (Wildman–Crippen MR) is 127 cm³/mol. The number of hydrogen-bond donors (Lipinski definition) is 3. The van der Waals surface area contributed by atoms with E-state index in [0.29, 0.717) is 31.0 Å². The number of ether oxygens (including phenoxy) is 1. The highest BCUT2D eigenvalue weighted by atomic mass is 127. The molecule has 0 aliphatic heterocycles. The summed E-state index contributed by atoms with van der Waals surface area (Å²) in [4.78, 5) is 5.68. The number of hydrogen-bond acceptors (Lipinski definition) is 5. The lowest BCUT2D eigenvalue weighted by Gasteiger charge is -2.16. The third kappa shape index (κ3) is 8.83. The second kappa shape index (κ2) is 13.3. The molecule has 2 heterocycles. The van der Waals surface area contributed by atoms with E-state index in [1.165, 1.54) is 12.1 Å². The average Bonchev–Trinajstić information content (AvgIpc) is 3.43. The first-order valence-electron chi connectivity index (χ1n) is 9.40. The Labute approximate surface area is 200 Å². The van der Waals surface area contributed by atoms with Gasteiger partial charge >= 0.3 is 6.61 Å². The lowest BCUT2D eigenvalue weighted by molar-refractivity contribution is -0.0498. The maximum absolute atomic E-state index is 12.2. The number of benzene rings is 1. The van der Waals surface area contributed by atoms with E-state index in [0.717, 1.165) is 10.6 Å². The molecule has 3 rings (SSSR count). The number of thiophene rings is 1. The topological polar surface area (TPSA) is 79.0 Å². The summed E-state index contributed by atoms with van der Waals surface area (Å²) in [7, 11) is 0. The number of halogens is 3. The van der Waals surface area contributed by atoms with E-state index < -0.39 is 12.7 Å². The molecule has 0 amide bonds. The van der Waals surface area contributed by atoms with Crippen LogP contribution in [0, 0.1) is 0 Å². The van der Waals surface area contributed by atoms with Crippen molar-refractivity contribution in [2.45, 2.75) is 25.7 Å². The van der Waals surface area contributed by atoms with Gasteiger partial charge in [0.25, 0.3) is 0 Å². The van der Waals surface area contributed by atoms with Gasteiger partial charge in [-0.15, -0.1) is 35.3 Å². The molecule has 0 bridgehead atoms. The van der Waals surface area contributed by atoms with Crippen molar-refractivity contribution in [3.8, 4) is 5.75 Å². The molecule has 0 spiro atoms. The highest BCUT2D eigenvalue weighted by Gasteiger charge is 2.11. The Hall–Kier alpha value is -2.18. The fourth-order valence-corrected chi connectivity index (χ4v) is 3.30. The number of nitrogens with zero attached hydrogens (tertiary/aromatic N) is 1. The van der Waals surface area contributed by atoms with E-state index in [4.69, 9.17) is 4.42 Å². The summed E-state index contributed by atoms with van der Waals surface area (Å²) in [5.41, 5.74) is 0.581. The van der Waals surface area contributed by atoms with Gasteiger partial charge in [0.1, 0.15) is 11.5 Å². The minimum atomic E-state index is -2.88. The number of aliphatic imine (C=N–C) groups is 1. The third-order valence-corrected chi connectivity index (χ3v) is 5.03. The van der Waals surface area contributed by atoms with Crippen molar-refractivity contribution in [1.82, 2.24) is 10.6 Å². The highest BCUT2D eigenvalue weighted by Crippen LogP contribution is 2.19. The lowest BCUT2D eigenvalue weighted by atomic mass is 10.1. The second-order valence-electron chi connectivity index (χ2n) is 6.34. The van der Waals surface area contributed by atoms with Gasteiger partial charge in [0.15, 0.2) is 5.96 Å². The molecule has 2 aromatic heterocycles. The Morgan fingerprint density at radius 3 is 2.58 bits per heavy atom. The Balaban J connectivity index is 0.00000341. The monoisotopic (exact) mass is 563 g/mol. The van der Waals surface area contributed by atoms with Crippen LogP contribution in [-0.4, -0.2) is 30.8 Å². The second-order valence-corrected chi connectivity index (χ2v) is 7.38. The lowest BCUT2D eigenvalue weighted by Crippen LogP contribution is -2.40. The summed E-state index contributed by atoms with van der Waals surface area (Å²) in [6.07, 6.45) is 1.48. The van der Waals surface area contributed by atoms with E-state index in [2.05, 4.69) is 20.4 Å². The zero-order chi connectivity index (χ0) is 21.2. The molecular weight excluding hydrogens is 539 g/mol. The maximum Gasteiger partial charge on any atom is 0.387 e. The highest BCUT2D eigenvalue weighted by molar-refractivity contribution is 14.0. The van der Waals surface area contributed by atoms with Gasteiger partial charge < -0.3 is 24.9 Å². The minimum absolute atomic E-state index is 0. The van der Waals surface area contributed by atoms with Crippen LogP contribution in [0.1, 0.15) is 22.3 Å². The number of furan rings is 1. The molecule has 0 saturated carbocycles. The average molecular weight is 563 g/mol. The molecule has 31 heavy (non-hydrogen) atoms. The van der Waals surface area contributed by atoms with E-state index in [1.54, 1.807) is 29.7 Å². The molecule has 0 aliphatic carbocycles. The summed E-state index contributed by atoms with van der Waals surface area (Å²) in [5.74, 6) is 1.48. The largest absolute Gasteiger partial charge is 0.469 e. The zero-order valence-electron chi connectivity index (χ0n) is 16.5. The first-order chi connectivity index (χ1) is 14.6. The molecule has 1 unspecified atom stereocenters. The molecule has 3 aromatic rings. The van der Waals surface area contributed by atoms with Gasteiger partial charge in [-0.2, -0.15) is 8.78 Å². The van der Waals surface area contributed by atoms with Gasteiger partial charge in [-0.1, -0.05) is 18.2 Å². The number of aliphatic hydroxyl groups excluding tert-OH is 1. The SMILES string of the molecule is I.OC(CNC(=NCc1cccs1)NCCc1ccco1)c1ccc(OC(F)F)cc1. The molecule has 0 saturated heterocycles. The zero-order valence-corrected chi connectivity index (χ0v) is 19.7. The molecule has 1 aromatic carbocycles. The van der Waals surface area contributed by atoms with Crippen LogP contribution in [0.15, 0.2) is 69.6 Å². The summed E-state index contributed by atoms with van der Waals surface area (Å²) in [5, 5.41) is 18.8. The Bertz CT molecular complexity index is 891. The van der Waals surface area contributed by atoms with Gasteiger partial charge in [-0.05, 0) is 41.3 Å². The van der Waals surface area contributed by atoms with Crippen LogP contribution < -0.4 is 15.4 Å². The fraction of sp³-hybridized carbons (Fsp3) is 0.286. The van der Waals surface area contributed by atoms with E-state index in [1.807, 2.05) is 29.6 Å². The standard InChI is InChI=1S/C21H23F2N3O3S.HI/c22-20(23)29-17-7-5-15(6-8-17)19(27)14-26-21(25-13-18-4-2-12-30-18)24-10-9-16-3-1-11-28-16;/h1-8,11-12,19-20,27H,9-10,13-14H2,(H2,24,25,26);1H. The number of aliphatic hydroxyl groups is 1. The molecule has 1 atom stereocenters. The van der Waals surface area contributed by atoms with Crippen molar-refractivity contribution in [2.24, 2.45) is 4.99 Å². The predicted octanol–water partition coefficient (Wildman–Crippen LogP) is 4.57. The van der Waals surface area contributed by atoms with Gasteiger partial charge in [-0.25, -0.2) is 4.99 Å². The Morgan fingerprint density at radius 1 is 1.13 bits per heavy atom. The van der Waals surface area contributed by atoms with Crippen LogP contribution in [0.3, 0.4) is 0 Å². The quantitative estimate of drug-likeness (QED) is 0.192. The van der Waals surface area contributed by atoms with Gasteiger partial charge in [0, 0.05) is 24.4 Å². The van der Waals surface area contributed by atoms with Crippen molar-refractivity contribution in [2.75, 3.05) is 13.1 Å². The Morgan fingerprint density at radius 2 is 1.94 bits per heavy atom. The van der Waals surface area contributed by atoms with Crippen molar-refractivity contribution >= 4 is 41.3 Å². The molecule has 0 fully saturated rings. The molecule has 6 nitrogen and oxygen atoms in total. The van der Waals surface area contributed by atoms with Crippen LogP contribution in [0.5, 0.6) is 5.75 Å². The molecule has 168 valence electrons. The van der Waals surface area contributed by atoms with Crippen LogP contribution in [0.2, 0.25) is 0 Å². The molecule has 0 radical (unpaired) electrons. The normalized spacial score (nSPS) is 12.3. The van der Waals surface area contributed by atoms with Crippen LogP contribution in [-0.2, 0) is 13.0 Å². The Kier molecular flexibility index (Phi) is 10.7. The van der Waals surface area contributed by atoms with Crippen molar-refractivity contribution in [1.29, 1.82) is 0 Å². The third-order valence-electron chi connectivity index (χ3n) is 4.17. The van der Waals surface area contributed by atoms with E-state index in [9.17, 15) is 13.9 Å². The van der Waals surface area contributed by atoms with Gasteiger partial charge in [0.2, 0.25) is 0 Å². The number of rotatable bonds is 10. The number of alkyl halides is 2. The molecule has 10 heteroatoms. The van der Waals surface area contributed by atoms with Crippen molar-refractivity contribution < 1.29 is 23.0 Å². The van der Waals surface area contributed by atoms with Crippen LogP contribution in [0.25, 0.3) is 0 Å². The molecule has 3 N–H and O–H groups in total. The maximum atomic E-state index is 12.2. The first kappa shape index (κ1) is 25.1. The number of guanidine groups is 1. The minimum Gasteiger partial charge on any atom is -0.469 e.